The summed E-state index contributed by atoms with van der Waals surface area (Å²) in [6.07, 6.45) is 2.46. The van der Waals surface area contributed by atoms with Gasteiger partial charge in [0.05, 0.1) is 0 Å². The second kappa shape index (κ2) is 7.99. The molecule has 2 rings (SSSR count). The minimum Gasteiger partial charge on any atom is -0.368 e. The van der Waals surface area contributed by atoms with E-state index in [0.29, 0.717) is 19.4 Å². The molecule has 0 bridgehead atoms. The lowest BCUT2D eigenvalue weighted by molar-refractivity contribution is -0.184. The number of amides is 2. The third-order valence-electron chi connectivity index (χ3n) is 4.71. The van der Waals surface area contributed by atoms with Gasteiger partial charge in [-0.2, -0.15) is 10.1 Å². The highest BCUT2D eigenvalue weighted by Gasteiger charge is 2.53. The van der Waals surface area contributed by atoms with E-state index in [1.807, 2.05) is 58.0 Å². The minimum atomic E-state index is -1.49. The number of carbonyl (C=O) groups excluding carboxylic acids is 2. The van der Waals surface area contributed by atoms with Gasteiger partial charge in [0.25, 0.3) is 0 Å². The zero-order valence-corrected chi connectivity index (χ0v) is 16.1. The fourth-order valence-electron chi connectivity index (χ4n) is 2.98. The molecule has 0 saturated carbocycles. The molecular formula is C20H29N3O3. The summed E-state index contributed by atoms with van der Waals surface area (Å²) in [5.41, 5.74) is -0.302. The number of aliphatic hydroxyl groups is 1. The number of nitrogens with one attached hydrogen (secondary N) is 1. The summed E-state index contributed by atoms with van der Waals surface area (Å²) in [6.45, 7) is 7.88. The summed E-state index contributed by atoms with van der Waals surface area (Å²) in [5, 5.41) is 19.0. The summed E-state index contributed by atoms with van der Waals surface area (Å²) < 4.78 is 0. The first-order valence-electron chi connectivity index (χ1n) is 9.14. The molecule has 1 heterocycles. The van der Waals surface area contributed by atoms with Crippen molar-refractivity contribution in [3.05, 3.63) is 35.9 Å². The van der Waals surface area contributed by atoms with Crippen LogP contribution in [0.3, 0.4) is 0 Å². The van der Waals surface area contributed by atoms with E-state index < -0.39 is 23.0 Å². The van der Waals surface area contributed by atoms with Crippen molar-refractivity contribution in [1.82, 2.24) is 10.3 Å². The molecule has 142 valence electrons. The minimum absolute atomic E-state index is 0.271. The summed E-state index contributed by atoms with van der Waals surface area (Å²) >= 11 is 0. The summed E-state index contributed by atoms with van der Waals surface area (Å²) in [5.74, 6) is -1.56. The number of carbonyl (C=O) groups is 2. The fourth-order valence-corrected chi connectivity index (χ4v) is 2.98. The molecule has 0 spiro atoms. The van der Waals surface area contributed by atoms with E-state index in [9.17, 15) is 14.7 Å². The third kappa shape index (κ3) is 4.30. The molecule has 1 atom stereocenters. The van der Waals surface area contributed by atoms with Crippen molar-refractivity contribution in [3.63, 3.8) is 0 Å². The lowest BCUT2D eigenvalue weighted by atomic mass is 9.79. The van der Waals surface area contributed by atoms with Crippen molar-refractivity contribution in [3.8, 4) is 0 Å². The summed E-state index contributed by atoms with van der Waals surface area (Å²) in [7, 11) is 0. The lowest BCUT2D eigenvalue weighted by Crippen LogP contribution is -2.57. The Morgan fingerprint density at radius 3 is 2.46 bits per heavy atom. The number of rotatable bonds is 5. The van der Waals surface area contributed by atoms with Crippen LogP contribution in [0.2, 0.25) is 0 Å². The van der Waals surface area contributed by atoms with Gasteiger partial charge in [0.1, 0.15) is 0 Å². The first-order valence-corrected chi connectivity index (χ1v) is 9.14. The quantitative estimate of drug-likeness (QED) is 0.793. The van der Waals surface area contributed by atoms with Crippen LogP contribution >= 0.6 is 0 Å². The predicted octanol–water partition coefficient (Wildman–Crippen LogP) is 2.47. The van der Waals surface area contributed by atoms with Crippen molar-refractivity contribution in [2.75, 3.05) is 6.54 Å². The zero-order chi connectivity index (χ0) is 19.4. The second-order valence-electron chi connectivity index (χ2n) is 7.77. The van der Waals surface area contributed by atoms with Gasteiger partial charge in [-0.1, -0.05) is 64.4 Å². The Morgan fingerprint density at radius 2 is 1.88 bits per heavy atom. The number of hydrogen-bond acceptors (Lipinski definition) is 4. The molecule has 0 aromatic heterocycles. The van der Waals surface area contributed by atoms with Crippen LogP contribution in [0, 0.1) is 5.41 Å². The van der Waals surface area contributed by atoms with Gasteiger partial charge in [0.15, 0.2) is 5.72 Å². The van der Waals surface area contributed by atoms with Gasteiger partial charge in [0, 0.05) is 24.1 Å². The average molecular weight is 359 g/mol. The van der Waals surface area contributed by atoms with E-state index in [4.69, 9.17) is 0 Å². The van der Waals surface area contributed by atoms with Crippen LogP contribution in [0.25, 0.3) is 0 Å². The molecule has 1 aliphatic rings. The average Bonchev–Trinajstić information content (AvgIpc) is 2.93. The monoisotopic (exact) mass is 359 g/mol. The molecule has 1 aliphatic heterocycles. The van der Waals surface area contributed by atoms with Crippen LogP contribution in [-0.4, -0.2) is 39.9 Å². The highest BCUT2D eigenvalue weighted by Crippen LogP contribution is 2.41. The second-order valence-corrected chi connectivity index (χ2v) is 7.77. The van der Waals surface area contributed by atoms with Gasteiger partial charge in [-0.3, -0.25) is 9.59 Å². The van der Waals surface area contributed by atoms with E-state index in [1.165, 1.54) is 0 Å². The van der Waals surface area contributed by atoms with Crippen LogP contribution in [-0.2, 0) is 16.0 Å². The van der Waals surface area contributed by atoms with Gasteiger partial charge >= 0.3 is 11.8 Å². The van der Waals surface area contributed by atoms with Crippen LogP contribution in [0.15, 0.2) is 35.4 Å². The van der Waals surface area contributed by atoms with E-state index in [-0.39, 0.29) is 6.42 Å². The van der Waals surface area contributed by atoms with Crippen molar-refractivity contribution >= 4 is 17.5 Å². The van der Waals surface area contributed by atoms with E-state index in [1.54, 1.807) is 0 Å². The van der Waals surface area contributed by atoms with Crippen LogP contribution in [0.5, 0.6) is 0 Å². The molecule has 1 unspecified atom stereocenters. The normalized spacial score (nSPS) is 20.0. The maximum atomic E-state index is 12.6. The molecule has 0 fully saturated rings. The molecule has 6 nitrogen and oxygen atoms in total. The number of hydrogen-bond donors (Lipinski definition) is 2. The van der Waals surface area contributed by atoms with Crippen molar-refractivity contribution < 1.29 is 14.7 Å². The molecule has 2 N–H and O–H groups in total. The van der Waals surface area contributed by atoms with Gasteiger partial charge in [-0.05, 0) is 18.4 Å². The molecular weight excluding hydrogens is 330 g/mol. The Bertz CT molecular complexity index is 679. The third-order valence-corrected chi connectivity index (χ3v) is 4.71. The van der Waals surface area contributed by atoms with Gasteiger partial charge in [-0.25, -0.2) is 0 Å². The standard InChI is InChI=1S/C20H29N3O3/c1-5-9-16-14-20(26,19(2,3)4)23(22-16)18(25)17(24)21-13-12-15-10-7-6-8-11-15/h6-8,10-11,26H,5,9,12-14H2,1-4H3,(H,21,24). The van der Waals surface area contributed by atoms with Gasteiger partial charge < -0.3 is 10.4 Å². The molecule has 0 aliphatic carbocycles. The molecule has 26 heavy (non-hydrogen) atoms. The van der Waals surface area contributed by atoms with E-state index in [2.05, 4.69) is 10.4 Å². The molecule has 1 aromatic carbocycles. The maximum absolute atomic E-state index is 12.6. The Morgan fingerprint density at radius 1 is 1.23 bits per heavy atom. The van der Waals surface area contributed by atoms with Crippen molar-refractivity contribution in [2.45, 2.75) is 59.1 Å². The Kier molecular flexibility index (Phi) is 6.18. The van der Waals surface area contributed by atoms with Crippen molar-refractivity contribution in [1.29, 1.82) is 0 Å². The number of benzene rings is 1. The summed E-state index contributed by atoms with van der Waals surface area (Å²) in [4.78, 5) is 25.0. The number of hydrazone groups is 1. The Balaban J connectivity index is 2.05. The smallest absolute Gasteiger partial charge is 0.334 e. The van der Waals surface area contributed by atoms with E-state index >= 15 is 0 Å². The predicted molar refractivity (Wildman–Crippen MR) is 101 cm³/mol. The highest BCUT2D eigenvalue weighted by molar-refractivity contribution is 6.35. The maximum Gasteiger partial charge on any atom is 0.334 e. The fraction of sp³-hybridized carbons (Fsp3) is 0.550. The van der Waals surface area contributed by atoms with Gasteiger partial charge in [-0.15, -0.1) is 0 Å². The Hall–Kier alpha value is -2.21. The molecule has 0 radical (unpaired) electrons. The van der Waals surface area contributed by atoms with Gasteiger partial charge in [0.2, 0.25) is 0 Å². The first kappa shape index (κ1) is 20.1. The Labute approximate surface area is 155 Å². The van der Waals surface area contributed by atoms with Crippen LogP contribution in [0.1, 0.15) is 52.5 Å². The molecule has 0 saturated heterocycles. The largest absolute Gasteiger partial charge is 0.368 e. The summed E-state index contributed by atoms with van der Waals surface area (Å²) in [6, 6.07) is 9.72. The molecule has 2 amide bonds. The van der Waals surface area contributed by atoms with Crippen LogP contribution < -0.4 is 5.32 Å². The zero-order valence-electron chi connectivity index (χ0n) is 16.1. The highest BCUT2D eigenvalue weighted by atomic mass is 16.3. The van der Waals surface area contributed by atoms with Crippen LogP contribution in [0.4, 0.5) is 0 Å². The SMILES string of the molecule is CCCC1=NN(C(=O)C(=O)NCCc2ccccc2)C(O)(C(C)(C)C)C1. The first-order chi connectivity index (χ1) is 12.2. The lowest BCUT2D eigenvalue weighted by Gasteiger charge is -2.41. The molecule has 1 aromatic rings. The molecule has 6 heteroatoms. The van der Waals surface area contributed by atoms with E-state index in [0.717, 1.165) is 22.7 Å². The van der Waals surface area contributed by atoms with Crippen molar-refractivity contribution in [2.24, 2.45) is 10.5 Å². The topological polar surface area (TPSA) is 82.0 Å². The number of nitrogens with zero attached hydrogens (tertiary/aromatic N) is 2.